The van der Waals surface area contributed by atoms with E-state index in [9.17, 15) is 4.79 Å². The summed E-state index contributed by atoms with van der Waals surface area (Å²) in [5.41, 5.74) is 7.78. The number of nitrogens with two attached hydrogens (primary N) is 1. The van der Waals surface area contributed by atoms with E-state index in [-0.39, 0.29) is 11.9 Å². The number of aliphatic imine (C=N–C) groups is 1. The lowest BCUT2D eigenvalue weighted by atomic mass is 10.0. The lowest BCUT2D eigenvalue weighted by Crippen LogP contribution is -2.43. The van der Waals surface area contributed by atoms with E-state index >= 15 is 0 Å². The molecular weight excluding hydrogens is 328 g/mol. The summed E-state index contributed by atoms with van der Waals surface area (Å²) in [5, 5.41) is 0.625. The monoisotopic (exact) mass is 348 g/mol. The topological polar surface area (TPSA) is 71.2 Å². The molecule has 2 N–H and O–H groups in total. The summed E-state index contributed by atoms with van der Waals surface area (Å²) < 4.78 is 5.58. The fourth-order valence-electron chi connectivity index (χ4n) is 3.09. The smallest absolute Gasteiger partial charge is 0.246 e. The van der Waals surface area contributed by atoms with Gasteiger partial charge in [-0.1, -0.05) is 18.2 Å². The van der Waals surface area contributed by atoms with Crippen LogP contribution in [-0.2, 0) is 9.53 Å². The second kappa shape index (κ2) is 7.23. The number of amides is 1. The summed E-state index contributed by atoms with van der Waals surface area (Å²) in [4.78, 5) is 20.3. The van der Waals surface area contributed by atoms with Crippen LogP contribution in [0, 0.1) is 0 Å². The number of carbonyl (C=O) groups is 1. The van der Waals surface area contributed by atoms with Crippen molar-refractivity contribution in [3.8, 4) is 0 Å². The predicted octanol–water partition coefficient (Wildman–Crippen LogP) is 1.60. The molecule has 1 atom stereocenters. The van der Waals surface area contributed by atoms with Crippen molar-refractivity contribution < 1.29 is 9.53 Å². The highest BCUT2D eigenvalue weighted by atomic mass is 35.5. The van der Waals surface area contributed by atoms with Gasteiger partial charge in [-0.15, -0.1) is 0 Å². The number of ether oxygens (including phenoxy) is 1. The van der Waals surface area contributed by atoms with Gasteiger partial charge in [0.1, 0.15) is 5.84 Å². The zero-order valence-corrected chi connectivity index (χ0v) is 14.2. The van der Waals surface area contributed by atoms with Crippen molar-refractivity contribution in [2.75, 3.05) is 44.3 Å². The van der Waals surface area contributed by atoms with Crippen molar-refractivity contribution in [2.45, 2.75) is 6.04 Å². The molecule has 3 rings (SSSR count). The molecule has 1 aromatic rings. The molecule has 1 fully saturated rings. The number of hydrogen-bond donors (Lipinski definition) is 1. The standard InChI is InChI=1S/C17H21ClN4O2/c1-2-17(23)22-5-6-24-11-15(22)12-7-13(18)9-14(8-12)21-4-3-20-16(19)10-21/h2,7-9,15H,1,3-6,10-11H2,(H2,19,20)/t15-/m0/s1. The SMILES string of the molecule is C=CC(=O)N1CCOC[C@H]1c1cc(Cl)cc(N2CCN=C(N)C2)c1. The first-order chi connectivity index (χ1) is 11.6. The summed E-state index contributed by atoms with van der Waals surface area (Å²) in [6.45, 7) is 7.14. The van der Waals surface area contributed by atoms with Crippen molar-refractivity contribution in [1.29, 1.82) is 0 Å². The van der Waals surface area contributed by atoms with Crippen molar-refractivity contribution in [3.05, 3.63) is 41.4 Å². The van der Waals surface area contributed by atoms with Crippen LogP contribution in [0.15, 0.2) is 35.8 Å². The summed E-state index contributed by atoms with van der Waals surface area (Å²) in [5.74, 6) is 0.520. The molecule has 0 aromatic heterocycles. The molecule has 24 heavy (non-hydrogen) atoms. The molecule has 1 amide bonds. The largest absolute Gasteiger partial charge is 0.386 e. The lowest BCUT2D eigenvalue weighted by molar-refractivity contribution is -0.134. The normalized spacial score (nSPS) is 21.4. The fraction of sp³-hybridized carbons (Fsp3) is 0.412. The third-order valence-corrected chi connectivity index (χ3v) is 4.50. The Morgan fingerprint density at radius 2 is 2.25 bits per heavy atom. The zero-order valence-electron chi connectivity index (χ0n) is 13.4. The van der Waals surface area contributed by atoms with Crippen LogP contribution in [0.4, 0.5) is 5.69 Å². The Labute approximate surface area is 146 Å². The van der Waals surface area contributed by atoms with Crippen LogP contribution in [0.5, 0.6) is 0 Å². The Morgan fingerprint density at radius 1 is 1.42 bits per heavy atom. The Kier molecular flexibility index (Phi) is 5.06. The molecule has 0 aliphatic carbocycles. The second-order valence-electron chi connectivity index (χ2n) is 5.86. The number of benzene rings is 1. The van der Waals surface area contributed by atoms with Crippen molar-refractivity contribution in [3.63, 3.8) is 0 Å². The quantitative estimate of drug-likeness (QED) is 0.842. The second-order valence-corrected chi connectivity index (χ2v) is 6.30. The van der Waals surface area contributed by atoms with Crippen molar-refractivity contribution in [2.24, 2.45) is 10.7 Å². The maximum atomic E-state index is 12.1. The number of nitrogens with zero attached hydrogens (tertiary/aromatic N) is 3. The molecule has 0 radical (unpaired) electrons. The highest BCUT2D eigenvalue weighted by Gasteiger charge is 2.28. The Balaban J connectivity index is 1.91. The van der Waals surface area contributed by atoms with Gasteiger partial charge in [-0.2, -0.15) is 0 Å². The first kappa shape index (κ1) is 16.8. The molecule has 1 aromatic carbocycles. The maximum Gasteiger partial charge on any atom is 0.246 e. The van der Waals surface area contributed by atoms with Gasteiger partial charge in [0.25, 0.3) is 0 Å². The number of amidine groups is 1. The van der Waals surface area contributed by atoms with Gasteiger partial charge in [0, 0.05) is 23.8 Å². The third kappa shape index (κ3) is 3.55. The average molecular weight is 349 g/mol. The highest BCUT2D eigenvalue weighted by Crippen LogP contribution is 2.31. The van der Waals surface area contributed by atoms with Crippen LogP contribution in [0.25, 0.3) is 0 Å². The summed E-state index contributed by atoms with van der Waals surface area (Å²) in [6, 6.07) is 5.67. The molecule has 7 heteroatoms. The van der Waals surface area contributed by atoms with Gasteiger partial charge in [0.15, 0.2) is 0 Å². The van der Waals surface area contributed by atoms with Gasteiger partial charge < -0.3 is 20.3 Å². The predicted molar refractivity (Wildman–Crippen MR) is 95.6 cm³/mol. The van der Waals surface area contributed by atoms with E-state index < -0.39 is 0 Å². The third-order valence-electron chi connectivity index (χ3n) is 4.28. The van der Waals surface area contributed by atoms with E-state index in [0.29, 0.717) is 43.7 Å². The zero-order chi connectivity index (χ0) is 17.1. The minimum absolute atomic E-state index is 0.0980. The highest BCUT2D eigenvalue weighted by molar-refractivity contribution is 6.31. The van der Waals surface area contributed by atoms with E-state index in [1.807, 2.05) is 18.2 Å². The number of rotatable bonds is 3. The first-order valence-corrected chi connectivity index (χ1v) is 8.31. The van der Waals surface area contributed by atoms with Gasteiger partial charge in [0.05, 0.1) is 32.3 Å². The van der Waals surface area contributed by atoms with Gasteiger partial charge >= 0.3 is 0 Å². The van der Waals surface area contributed by atoms with Crippen molar-refractivity contribution >= 4 is 29.0 Å². The van der Waals surface area contributed by atoms with Crippen LogP contribution in [0.3, 0.4) is 0 Å². The molecule has 2 aliphatic heterocycles. The van der Waals surface area contributed by atoms with Crippen LogP contribution in [0.1, 0.15) is 11.6 Å². The molecule has 6 nitrogen and oxygen atoms in total. The number of carbonyl (C=O) groups excluding carboxylic acids is 1. The van der Waals surface area contributed by atoms with E-state index in [4.69, 9.17) is 22.1 Å². The minimum atomic E-state index is -0.169. The Morgan fingerprint density at radius 3 is 3.00 bits per heavy atom. The Bertz CT molecular complexity index is 677. The minimum Gasteiger partial charge on any atom is -0.386 e. The molecule has 2 heterocycles. The van der Waals surface area contributed by atoms with Gasteiger partial charge in [0.2, 0.25) is 5.91 Å². The number of morpholine rings is 1. The van der Waals surface area contributed by atoms with Gasteiger partial charge in [-0.25, -0.2) is 0 Å². The molecule has 1 saturated heterocycles. The molecular formula is C17H21ClN4O2. The maximum absolute atomic E-state index is 12.1. The number of halogens is 1. The van der Waals surface area contributed by atoms with E-state index in [2.05, 4.69) is 16.5 Å². The average Bonchev–Trinajstić information content (AvgIpc) is 2.60. The number of anilines is 1. The van der Waals surface area contributed by atoms with Crippen LogP contribution in [-0.4, -0.2) is 56.0 Å². The van der Waals surface area contributed by atoms with E-state index in [0.717, 1.165) is 17.8 Å². The molecule has 0 bridgehead atoms. The van der Waals surface area contributed by atoms with Crippen LogP contribution in [0.2, 0.25) is 5.02 Å². The summed E-state index contributed by atoms with van der Waals surface area (Å²) in [7, 11) is 0. The molecule has 0 unspecified atom stereocenters. The number of hydrogen-bond acceptors (Lipinski definition) is 5. The van der Waals surface area contributed by atoms with E-state index in [1.54, 1.807) is 4.90 Å². The Hall–Kier alpha value is -2.05. The molecule has 0 spiro atoms. The van der Waals surface area contributed by atoms with Crippen molar-refractivity contribution in [1.82, 2.24) is 4.90 Å². The first-order valence-electron chi connectivity index (χ1n) is 7.93. The summed E-state index contributed by atoms with van der Waals surface area (Å²) in [6.07, 6.45) is 1.34. The summed E-state index contributed by atoms with van der Waals surface area (Å²) >= 11 is 6.33. The molecule has 2 aliphatic rings. The van der Waals surface area contributed by atoms with Crippen LogP contribution < -0.4 is 10.6 Å². The van der Waals surface area contributed by atoms with Crippen LogP contribution >= 0.6 is 11.6 Å². The van der Waals surface area contributed by atoms with Gasteiger partial charge in [-0.3, -0.25) is 9.79 Å². The fourth-order valence-corrected chi connectivity index (χ4v) is 3.33. The van der Waals surface area contributed by atoms with E-state index in [1.165, 1.54) is 6.08 Å². The van der Waals surface area contributed by atoms with Gasteiger partial charge in [-0.05, 0) is 29.8 Å². The molecule has 0 saturated carbocycles. The lowest BCUT2D eigenvalue weighted by Gasteiger charge is -2.36. The molecule has 128 valence electrons.